The molecule has 2 aliphatic rings. The standard InChI is InChI=1S/C16H25NO/c1-13(18)8-4-3-7-11-17-12-15-9-5-6-10-16(15)14(17)2/h2-12H2,1H3. The maximum atomic E-state index is 10.9. The lowest BCUT2D eigenvalue weighted by Crippen LogP contribution is -2.20. The highest BCUT2D eigenvalue weighted by molar-refractivity contribution is 5.75. The summed E-state index contributed by atoms with van der Waals surface area (Å²) in [5.41, 5.74) is 4.50. The molecule has 0 saturated heterocycles. The van der Waals surface area contributed by atoms with Crippen molar-refractivity contribution in [3.05, 3.63) is 23.4 Å². The molecule has 0 aromatic carbocycles. The summed E-state index contributed by atoms with van der Waals surface area (Å²) in [5, 5.41) is 0. The first-order valence-electron chi connectivity index (χ1n) is 7.33. The van der Waals surface area contributed by atoms with Crippen LogP contribution in [0.5, 0.6) is 0 Å². The number of hydrogen-bond donors (Lipinski definition) is 0. The van der Waals surface area contributed by atoms with Gasteiger partial charge < -0.3 is 9.69 Å². The molecule has 2 heteroatoms. The minimum absolute atomic E-state index is 0.317. The molecular weight excluding hydrogens is 222 g/mol. The highest BCUT2D eigenvalue weighted by atomic mass is 16.1. The van der Waals surface area contributed by atoms with Crippen molar-refractivity contribution in [2.45, 2.75) is 58.3 Å². The minimum Gasteiger partial charge on any atom is -0.368 e. The molecule has 0 spiro atoms. The van der Waals surface area contributed by atoms with Gasteiger partial charge in [-0.3, -0.25) is 0 Å². The van der Waals surface area contributed by atoms with E-state index in [2.05, 4.69) is 11.5 Å². The molecule has 0 unspecified atom stereocenters. The van der Waals surface area contributed by atoms with Crippen LogP contribution in [0.2, 0.25) is 0 Å². The SMILES string of the molecule is C=C1C2=C(CCCC2)CN1CCCCCC(C)=O. The third-order valence-corrected chi connectivity index (χ3v) is 4.15. The van der Waals surface area contributed by atoms with E-state index in [0.717, 1.165) is 32.4 Å². The van der Waals surface area contributed by atoms with Crippen molar-refractivity contribution in [2.24, 2.45) is 0 Å². The maximum Gasteiger partial charge on any atom is 0.129 e. The average molecular weight is 247 g/mol. The molecular formula is C16H25NO. The second kappa shape index (κ2) is 6.21. The van der Waals surface area contributed by atoms with Gasteiger partial charge in [0.25, 0.3) is 0 Å². The summed E-state index contributed by atoms with van der Waals surface area (Å²) in [4.78, 5) is 13.3. The van der Waals surface area contributed by atoms with Gasteiger partial charge in [-0.2, -0.15) is 0 Å². The van der Waals surface area contributed by atoms with Crippen LogP contribution in [0.25, 0.3) is 0 Å². The van der Waals surface area contributed by atoms with Gasteiger partial charge in [-0.1, -0.05) is 13.0 Å². The molecule has 1 aliphatic heterocycles. The zero-order chi connectivity index (χ0) is 13.0. The van der Waals surface area contributed by atoms with Crippen molar-refractivity contribution >= 4 is 5.78 Å². The number of nitrogens with zero attached hydrogens (tertiary/aromatic N) is 1. The smallest absolute Gasteiger partial charge is 0.129 e. The lowest BCUT2D eigenvalue weighted by atomic mass is 9.93. The Morgan fingerprint density at radius 2 is 2.00 bits per heavy atom. The number of allylic oxidation sites excluding steroid dienone is 1. The second-order valence-corrected chi connectivity index (χ2v) is 5.67. The molecule has 0 radical (unpaired) electrons. The van der Waals surface area contributed by atoms with Crippen molar-refractivity contribution in [3.8, 4) is 0 Å². The molecule has 1 aliphatic carbocycles. The van der Waals surface area contributed by atoms with Crippen LogP contribution in [0.4, 0.5) is 0 Å². The number of carbonyl (C=O) groups excluding carboxylic acids is 1. The largest absolute Gasteiger partial charge is 0.368 e. The average Bonchev–Trinajstić information content (AvgIpc) is 2.66. The Hall–Kier alpha value is -1.05. The molecule has 0 atom stereocenters. The molecule has 0 fully saturated rings. The summed E-state index contributed by atoms with van der Waals surface area (Å²) in [6.07, 6.45) is 9.37. The van der Waals surface area contributed by atoms with Gasteiger partial charge in [-0.15, -0.1) is 0 Å². The van der Waals surface area contributed by atoms with Gasteiger partial charge >= 0.3 is 0 Å². The molecule has 100 valence electrons. The number of Topliss-reactive ketones (excluding diaryl/α,β-unsaturated/α-hetero) is 1. The van der Waals surface area contributed by atoms with Gasteiger partial charge in [0.05, 0.1) is 0 Å². The highest BCUT2D eigenvalue weighted by Gasteiger charge is 2.26. The van der Waals surface area contributed by atoms with Gasteiger partial charge in [0.1, 0.15) is 5.78 Å². The van der Waals surface area contributed by atoms with Crippen LogP contribution >= 0.6 is 0 Å². The van der Waals surface area contributed by atoms with Crippen LogP contribution < -0.4 is 0 Å². The second-order valence-electron chi connectivity index (χ2n) is 5.67. The van der Waals surface area contributed by atoms with E-state index >= 15 is 0 Å². The van der Waals surface area contributed by atoms with Gasteiger partial charge in [-0.25, -0.2) is 0 Å². The van der Waals surface area contributed by atoms with E-state index in [1.807, 2.05) is 0 Å². The van der Waals surface area contributed by atoms with Crippen molar-refractivity contribution in [1.29, 1.82) is 0 Å². The fourth-order valence-corrected chi connectivity index (χ4v) is 3.07. The molecule has 0 N–H and O–H groups in total. The van der Waals surface area contributed by atoms with E-state index in [1.165, 1.54) is 37.8 Å². The topological polar surface area (TPSA) is 20.3 Å². The fourth-order valence-electron chi connectivity index (χ4n) is 3.07. The Bertz CT molecular complexity index is 367. The van der Waals surface area contributed by atoms with Crippen molar-refractivity contribution in [1.82, 2.24) is 4.90 Å². The van der Waals surface area contributed by atoms with Crippen LogP contribution in [0.15, 0.2) is 23.4 Å². The van der Waals surface area contributed by atoms with Gasteiger partial charge in [0.2, 0.25) is 0 Å². The summed E-state index contributed by atoms with van der Waals surface area (Å²) in [6.45, 7) is 8.18. The Labute approximate surface area is 111 Å². The van der Waals surface area contributed by atoms with E-state index in [-0.39, 0.29) is 0 Å². The normalized spacial score (nSPS) is 19.4. The Morgan fingerprint density at radius 3 is 2.72 bits per heavy atom. The van der Waals surface area contributed by atoms with Crippen LogP contribution in [-0.4, -0.2) is 23.8 Å². The number of unbranched alkanes of at least 4 members (excludes halogenated alkanes) is 2. The highest BCUT2D eigenvalue weighted by Crippen LogP contribution is 2.36. The molecule has 0 amide bonds. The van der Waals surface area contributed by atoms with E-state index in [0.29, 0.717) is 5.78 Å². The lowest BCUT2D eigenvalue weighted by Gasteiger charge is -2.20. The van der Waals surface area contributed by atoms with Crippen LogP contribution in [-0.2, 0) is 4.79 Å². The number of carbonyl (C=O) groups is 1. The van der Waals surface area contributed by atoms with Crippen LogP contribution in [0.3, 0.4) is 0 Å². The van der Waals surface area contributed by atoms with E-state index < -0.39 is 0 Å². The summed E-state index contributed by atoms with van der Waals surface area (Å²) in [7, 11) is 0. The summed E-state index contributed by atoms with van der Waals surface area (Å²) < 4.78 is 0. The number of rotatable bonds is 6. The van der Waals surface area contributed by atoms with Crippen LogP contribution in [0.1, 0.15) is 58.3 Å². The Balaban J connectivity index is 1.70. The summed E-state index contributed by atoms with van der Waals surface area (Å²) in [6, 6.07) is 0. The minimum atomic E-state index is 0.317. The zero-order valence-corrected chi connectivity index (χ0v) is 11.6. The predicted octanol–water partition coefficient (Wildman–Crippen LogP) is 3.84. The van der Waals surface area contributed by atoms with E-state index in [1.54, 1.807) is 18.1 Å². The number of hydrogen-bond acceptors (Lipinski definition) is 2. The quantitative estimate of drug-likeness (QED) is 0.665. The van der Waals surface area contributed by atoms with Gasteiger partial charge in [-0.05, 0) is 56.6 Å². The first kappa shape index (κ1) is 13.4. The van der Waals surface area contributed by atoms with Crippen LogP contribution in [0, 0.1) is 0 Å². The van der Waals surface area contributed by atoms with Crippen molar-refractivity contribution in [2.75, 3.05) is 13.1 Å². The maximum absolute atomic E-state index is 10.9. The monoisotopic (exact) mass is 247 g/mol. The third-order valence-electron chi connectivity index (χ3n) is 4.15. The zero-order valence-electron chi connectivity index (χ0n) is 11.6. The van der Waals surface area contributed by atoms with E-state index in [9.17, 15) is 4.79 Å². The lowest BCUT2D eigenvalue weighted by molar-refractivity contribution is -0.117. The fraction of sp³-hybridized carbons (Fsp3) is 0.688. The van der Waals surface area contributed by atoms with Crippen molar-refractivity contribution < 1.29 is 4.79 Å². The molecule has 2 nitrogen and oxygen atoms in total. The molecule has 2 rings (SSSR count). The van der Waals surface area contributed by atoms with Gasteiger partial charge in [0, 0.05) is 25.2 Å². The molecule has 18 heavy (non-hydrogen) atoms. The molecule has 0 aromatic rings. The van der Waals surface area contributed by atoms with Crippen molar-refractivity contribution in [3.63, 3.8) is 0 Å². The molecule has 0 saturated carbocycles. The summed E-state index contributed by atoms with van der Waals surface area (Å²) >= 11 is 0. The molecule has 0 bridgehead atoms. The Kier molecular flexibility index (Phi) is 4.62. The molecule has 0 aromatic heterocycles. The first-order chi connectivity index (χ1) is 8.68. The Morgan fingerprint density at radius 1 is 1.22 bits per heavy atom. The predicted molar refractivity (Wildman–Crippen MR) is 75.4 cm³/mol. The molecule has 1 heterocycles. The summed E-state index contributed by atoms with van der Waals surface area (Å²) in [5.74, 6) is 0.317. The first-order valence-corrected chi connectivity index (χ1v) is 7.33. The number of ketones is 1. The third kappa shape index (κ3) is 3.24. The van der Waals surface area contributed by atoms with E-state index in [4.69, 9.17) is 0 Å². The van der Waals surface area contributed by atoms with Gasteiger partial charge in [0.15, 0.2) is 0 Å².